The van der Waals surface area contributed by atoms with E-state index in [0.29, 0.717) is 11.5 Å². The number of hydrogen-bond donors (Lipinski definition) is 3. The van der Waals surface area contributed by atoms with Gasteiger partial charge in [0.2, 0.25) is 10.0 Å². The molecule has 3 rings (SSSR count). The Kier molecular flexibility index (Phi) is 9.29. The number of carboxylic acid groups (broad SMARTS) is 1. The minimum Gasteiger partial charge on any atom is -0.490 e. The third-order valence-corrected chi connectivity index (χ3v) is 7.31. The highest BCUT2D eigenvalue weighted by Gasteiger charge is 2.26. The number of benzene rings is 2. The van der Waals surface area contributed by atoms with Gasteiger partial charge >= 0.3 is 5.97 Å². The quantitative estimate of drug-likeness (QED) is 0.436. The van der Waals surface area contributed by atoms with Crippen LogP contribution in [0.15, 0.2) is 54.6 Å². The average Bonchev–Trinajstić information content (AvgIpc) is 2.80. The van der Waals surface area contributed by atoms with E-state index in [9.17, 15) is 18.3 Å². The Labute approximate surface area is 196 Å². The van der Waals surface area contributed by atoms with E-state index in [1.54, 1.807) is 30.3 Å². The number of carbonyl (C=O) groups is 1. The van der Waals surface area contributed by atoms with E-state index in [1.165, 1.54) is 0 Å². The highest BCUT2D eigenvalue weighted by atomic mass is 32.2. The predicted octanol–water partition coefficient (Wildman–Crippen LogP) is 3.35. The van der Waals surface area contributed by atoms with Crippen molar-refractivity contribution in [2.75, 3.05) is 13.1 Å². The molecule has 0 saturated carbocycles. The van der Waals surface area contributed by atoms with Crippen molar-refractivity contribution in [1.29, 1.82) is 0 Å². The van der Waals surface area contributed by atoms with E-state index in [-0.39, 0.29) is 18.3 Å². The molecular formula is C25H34N2O5S. The van der Waals surface area contributed by atoms with E-state index >= 15 is 0 Å². The Bertz CT molecular complexity index is 974. The van der Waals surface area contributed by atoms with Crippen molar-refractivity contribution in [1.82, 2.24) is 10.0 Å². The fraction of sp³-hybridized carbons (Fsp3) is 0.480. The first-order valence-electron chi connectivity index (χ1n) is 11.6. The highest BCUT2D eigenvalue weighted by Crippen LogP contribution is 2.25. The third-order valence-electron chi connectivity index (χ3n) is 5.95. The first-order valence-corrected chi connectivity index (χ1v) is 13.2. The van der Waals surface area contributed by atoms with E-state index in [0.717, 1.165) is 50.1 Å². The van der Waals surface area contributed by atoms with Crippen molar-refractivity contribution in [3.05, 3.63) is 65.7 Å². The minimum absolute atomic E-state index is 0.0519. The van der Waals surface area contributed by atoms with Crippen LogP contribution in [0.25, 0.3) is 0 Å². The maximum Gasteiger partial charge on any atom is 0.322 e. The molecule has 1 aliphatic heterocycles. The monoisotopic (exact) mass is 474 g/mol. The summed E-state index contributed by atoms with van der Waals surface area (Å²) in [5, 5.41) is 13.0. The largest absolute Gasteiger partial charge is 0.490 e. The summed E-state index contributed by atoms with van der Waals surface area (Å²) in [4.78, 5) is 11.7. The van der Waals surface area contributed by atoms with Gasteiger partial charge in [0.25, 0.3) is 0 Å². The molecule has 7 nitrogen and oxygen atoms in total. The third kappa shape index (κ3) is 8.14. The van der Waals surface area contributed by atoms with Gasteiger partial charge in [0.05, 0.1) is 5.75 Å². The lowest BCUT2D eigenvalue weighted by Gasteiger charge is -2.31. The van der Waals surface area contributed by atoms with Crippen LogP contribution in [0.5, 0.6) is 5.75 Å². The van der Waals surface area contributed by atoms with Gasteiger partial charge in [0, 0.05) is 0 Å². The molecule has 8 heteroatoms. The van der Waals surface area contributed by atoms with Gasteiger partial charge in [-0.05, 0) is 68.0 Å². The molecule has 2 unspecified atom stereocenters. The zero-order chi connectivity index (χ0) is 23.7. The van der Waals surface area contributed by atoms with Crippen molar-refractivity contribution in [3.8, 4) is 5.75 Å². The van der Waals surface area contributed by atoms with Crippen LogP contribution in [-0.2, 0) is 27.0 Å². The Morgan fingerprint density at radius 1 is 1.09 bits per heavy atom. The van der Waals surface area contributed by atoms with Crippen LogP contribution in [0.2, 0.25) is 0 Å². The molecule has 1 fully saturated rings. The average molecular weight is 475 g/mol. The SMILES string of the molecule is CCCC(Oc1ccc(CC(NS(=O)(=O)Cc2ccccc2)C(=O)O)cc1)C1CCNCC1. The fourth-order valence-electron chi connectivity index (χ4n) is 4.24. The van der Waals surface area contributed by atoms with Crippen LogP contribution in [0.1, 0.15) is 43.7 Å². The first kappa shape index (κ1) is 25.2. The number of rotatable bonds is 12. The summed E-state index contributed by atoms with van der Waals surface area (Å²) in [5.74, 6) is -0.186. The molecule has 0 aliphatic carbocycles. The zero-order valence-corrected chi connectivity index (χ0v) is 19.9. The van der Waals surface area contributed by atoms with Crippen molar-refractivity contribution >= 4 is 16.0 Å². The maximum absolute atomic E-state index is 12.5. The Balaban J connectivity index is 1.61. The number of nitrogens with one attached hydrogen (secondary N) is 2. The molecule has 0 amide bonds. The molecular weight excluding hydrogens is 440 g/mol. The van der Waals surface area contributed by atoms with Crippen LogP contribution in [0.4, 0.5) is 0 Å². The normalized spacial score (nSPS) is 16.8. The summed E-state index contributed by atoms with van der Waals surface area (Å²) in [6, 6.07) is 14.8. The summed E-state index contributed by atoms with van der Waals surface area (Å²) in [5.41, 5.74) is 1.33. The van der Waals surface area contributed by atoms with Gasteiger partial charge in [-0.25, -0.2) is 13.1 Å². The number of carboxylic acids is 1. The minimum atomic E-state index is -3.80. The molecule has 1 saturated heterocycles. The summed E-state index contributed by atoms with van der Waals surface area (Å²) in [6.07, 6.45) is 4.47. The van der Waals surface area contributed by atoms with Gasteiger partial charge in [0.1, 0.15) is 17.9 Å². The molecule has 0 spiro atoms. The molecule has 1 heterocycles. The predicted molar refractivity (Wildman–Crippen MR) is 129 cm³/mol. The molecule has 0 aromatic heterocycles. The number of sulfonamides is 1. The highest BCUT2D eigenvalue weighted by molar-refractivity contribution is 7.88. The van der Waals surface area contributed by atoms with Crippen molar-refractivity contribution in [2.24, 2.45) is 5.92 Å². The molecule has 2 aromatic carbocycles. The maximum atomic E-state index is 12.5. The van der Waals surface area contributed by atoms with Crippen LogP contribution in [-0.4, -0.2) is 44.7 Å². The molecule has 180 valence electrons. The first-order chi connectivity index (χ1) is 15.9. The topological polar surface area (TPSA) is 105 Å². The zero-order valence-electron chi connectivity index (χ0n) is 19.1. The Morgan fingerprint density at radius 3 is 2.36 bits per heavy atom. The van der Waals surface area contributed by atoms with E-state index in [4.69, 9.17) is 4.74 Å². The lowest BCUT2D eigenvalue weighted by Crippen LogP contribution is -2.42. The van der Waals surface area contributed by atoms with Crippen molar-refractivity contribution < 1.29 is 23.1 Å². The molecule has 2 aromatic rings. The van der Waals surface area contributed by atoms with Crippen LogP contribution in [0.3, 0.4) is 0 Å². The number of ether oxygens (including phenoxy) is 1. The van der Waals surface area contributed by atoms with Gasteiger partial charge < -0.3 is 15.2 Å². The standard InChI is InChI=1S/C25H34N2O5S/c1-2-6-24(21-13-15-26-16-14-21)32-22-11-9-19(10-12-22)17-23(25(28)29)27-33(30,31)18-20-7-4-3-5-8-20/h3-5,7-12,21,23-24,26-27H,2,6,13-18H2,1H3,(H,28,29). The fourth-order valence-corrected chi connectivity index (χ4v) is 5.57. The molecule has 1 aliphatic rings. The van der Waals surface area contributed by atoms with E-state index < -0.39 is 22.0 Å². The second kappa shape index (κ2) is 12.2. The molecule has 2 atom stereocenters. The summed E-state index contributed by atoms with van der Waals surface area (Å²) in [6.45, 7) is 4.19. The molecule has 33 heavy (non-hydrogen) atoms. The molecule has 0 radical (unpaired) electrons. The van der Waals surface area contributed by atoms with Gasteiger partial charge in [-0.1, -0.05) is 55.8 Å². The van der Waals surface area contributed by atoms with Crippen LogP contribution in [0, 0.1) is 5.92 Å². The van der Waals surface area contributed by atoms with E-state index in [2.05, 4.69) is 17.0 Å². The van der Waals surface area contributed by atoms with E-state index in [1.807, 2.05) is 24.3 Å². The lowest BCUT2D eigenvalue weighted by molar-refractivity contribution is -0.138. The lowest BCUT2D eigenvalue weighted by atomic mass is 9.89. The van der Waals surface area contributed by atoms with Gasteiger partial charge in [-0.3, -0.25) is 4.79 Å². The Morgan fingerprint density at radius 2 is 1.76 bits per heavy atom. The summed E-state index contributed by atoms with van der Waals surface area (Å²) < 4.78 is 33.6. The number of piperidine rings is 1. The van der Waals surface area contributed by atoms with Gasteiger partial charge in [0.15, 0.2) is 0 Å². The summed E-state index contributed by atoms with van der Waals surface area (Å²) in [7, 11) is -3.80. The van der Waals surface area contributed by atoms with Crippen molar-refractivity contribution in [3.63, 3.8) is 0 Å². The van der Waals surface area contributed by atoms with Gasteiger partial charge in [-0.2, -0.15) is 0 Å². The van der Waals surface area contributed by atoms with Crippen LogP contribution >= 0.6 is 0 Å². The molecule has 0 bridgehead atoms. The Hall–Kier alpha value is -2.42. The van der Waals surface area contributed by atoms with Crippen LogP contribution < -0.4 is 14.8 Å². The van der Waals surface area contributed by atoms with Gasteiger partial charge in [-0.15, -0.1) is 0 Å². The van der Waals surface area contributed by atoms with Crippen molar-refractivity contribution in [2.45, 2.75) is 56.9 Å². The second-order valence-electron chi connectivity index (χ2n) is 8.63. The number of aliphatic carboxylic acids is 1. The second-order valence-corrected chi connectivity index (χ2v) is 10.4. The number of hydrogen-bond acceptors (Lipinski definition) is 5. The molecule has 3 N–H and O–H groups in total. The smallest absolute Gasteiger partial charge is 0.322 e. The summed E-state index contributed by atoms with van der Waals surface area (Å²) >= 11 is 0.